The highest BCUT2D eigenvalue weighted by molar-refractivity contribution is 5.75. The molecule has 0 aliphatic carbocycles. The number of nitrogens with zero attached hydrogens (tertiary/aromatic N) is 2. The molecule has 0 bridgehead atoms. The zero-order valence-electron chi connectivity index (χ0n) is 11.8. The molecule has 100 valence electrons. The Kier molecular flexibility index (Phi) is 5.16. The van der Waals surface area contributed by atoms with Gasteiger partial charge in [0.05, 0.1) is 7.11 Å². The molecule has 18 heavy (non-hydrogen) atoms. The SMILES string of the molecule is COC(=O)[C@H](C)N(C)Cc1cccc(N(C)C)c1. The maximum atomic E-state index is 11.4. The average molecular weight is 250 g/mol. The summed E-state index contributed by atoms with van der Waals surface area (Å²) in [6, 6.07) is 8.04. The molecular weight excluding hydrogens is 228 g/mol. The second-order valence-electron chi connectivity index (χ2n) is 4.68. The molecule has 0 unspecified atom stereocenters. The standard InChI is InChI=1S/C14H22N2O2/c1-11(14(17)18-5)16(4)10-12-7-6-8-13(9-12)15(2)3/h6-9,11H,10H2,1-5H3/t11-/m0/s1. The van der Waals surface area contributed by atoms with E-state index >= 15 is 0 Å². The summed E-state index contributed by atoms with van der Waals surface area (Å²) in [6.45, 7) is 2.57. The summed E-state index contributed by atoms with van der Waals surface area (Å²) >= 11 is 0. The predicted molar refractivity (Wildman–Crippen MR) is 73.7 cm³/mol. The number of esters is 1. The molecule has 0 aromatic heterocycles. The third-order valence-electron chi connectivity index (χ3n) is 3.06. The van der Waals surface area contributed by atoms with Gasteiger partial charge < -0.3 is 9.64 Å². The van der Waals surface area contributed by atoms with E-state index in [1.807, 2.05) is 39.0 Å². The van der Waals surface area contributed by atoms with Gasteiger partial charge in [-0.1, -0.05) is 12.1 Å². The third kappa shape index (κ3) is 3.74. The van der Waals surface area contributed by atoms with E-state index in [4.69, 9.17) is 4.74 Å². The summed E-state index contributed by atoms with van der Waals surface area (Å²) in [5.74, 6) is -0.207. The number of methoxy groups -OCH3 is 1. The minimum atomic E-state index is -0.238. The van der Waals surface area contributed by atoms with E-state index in [0.29, 0.717) is 0 Å². The van der Waals surface area contributed by atoms with Crippen molar-refractivity contribution in [3.8, 4) is 0 Å². The van der Waals surface area contributed by atoms with Crippen LogP contribution in [0.5, 0.6) is 0 Å². The van der Waals surface area contributed by atoms with Gasteiger partial charge in [-0.3, -0.25) is 9.69 Å². The molecule has 1 rings (SSSR count). The number of hydrogen-bond donors (Lipinski definition) is 0. The number of carbonyl (C=O) groups excluding carboxylic acids is 1. The number of carbonyl (C=O) groups is 1. The van der Waals surface area contributed by atoms with Gasteiger partial charge in [0.2, 0.25) is 0 Å². The van der Waals surface area contributed by atoms with Gasteiger partial charge in [-0.2, -0.15) is 0 Å². The highest BCUT2D eigenvalue weighted by Gasteiger charge is 2.18. The molecule has 0 aliphatic rings. The van der Waals surface area contributed by atoms with Crippen LogP contribution in [0.4, 0.5) is 5.69 Å². The Hall–Kier alpha value is -1.55. The van der Waals surface area contributed by atoms with Crippen molar-refractivity contribution in [3.05, 3.63) is 29.8 Å². The highest BCUT2D eigenvalue weighted by Crippen LogP contribution is 2.15. The number of hydrogen-bond acceptors (Lipinski definition) is 4. The molecule has 0 fully saturated rings. The molecule has 0 radical (unpaired) electrons. The molecule has 0 saturated carbocycles. The van der Waals surface area contributed by atoms with E-state index in [1.54, 1.807) is 0 Å². The van der Waals surface area contributed by atoms with Crippen molar-refractivity contribution in [2.45, 2.75) is 19.5 Å². The van der Waals surface area contributed by atoms with Gasteiger partial charge in [0.1, 0.15) is 6.04 Å². The average Bonchev–Trinajstić information content (AvgIpc) is 2.37. The van der Waals surface area contributed by atoms with Gasteiger partial charge in [-0.25, -0.2) is 0 Å². The summed E-state index contributed by atoms with van der Waals surface area (Å²) < 4.78 is 4.74. The molecule has 0 amide bonds. The fraction of sp³-hybridized carbons (Fsp3) is 0.500. The second kappa shape index (κ2) is 6.40. The molecule has 1 aromatic rings. The van der Waals surface area contributed by atoms with Crippen LogP contribution in [0.2, 0.25) is 0 Å². The van der Waals surface area contributed by atoms with Gasteiger partial charge in [0, 0.05) is 26.3 Å². The van der Waals surface area contributed by atoms with Gasteiger partial charge in [-0.15, -0.1) is 0 Å². The predicted octanol–water partition coefficient (Wildman–Crippen LogP) is 1.75. The maximum Gasteiger partial charge on any atom is 0.322 e. The lowest BCUT2D eigenvalue weighted by molar-refractivity contribution is -0.145. The van der Waals surface area contributed by atoms with E-state index in [-0.39, 0.29) is 12.0 Å². The smallest absolute Gasteiger partial charge is 0.322 e. The van der Waals surface area contributed by atoms with E-state index in [1.165, 1.54) is 12.7 Å². The minimum absolute atomic E-state index is 0.207. The Morgan fingerprint density at radius 3 is 2.56 bits per heavy atom. The largest absolute Gasteiger partial charge is 0.468 e. The van der Waals surface area contributed by atoms with Crippen LogP contribution in [-0.4, -0.2) is 45.2 Å². The quantitative estimate of drug-likeness (QED) is 0.745. The summed E-state index contributed by atoms with van der Waals surface area (Å²) in [5, 5.41) is 0. The normalized spacial score (nSPS) is 12.3. The molecule has 4 heteroatoms. The molecule has 0 heterocycles. The molecule has 0 aliphatic heterocycles. The number of ether oxygens (including phenoxy) is 1. The molecule has 1 aromatic carbocycles. The molecule has 0 spiro atoms. The fourth-order valence-corrected chi connectivity index (χ4v) is 1.71. The van der Waals surface area contributed by atoms with E-state index < -0.39 is 0 Å². The van der Waals surface area contributed by atoms with Crippen molar-refractivity contribution in [1.29, 1.82) is 0 Å². The highest BCUT2D eigenvalue weighted by atomic mass is 16.5. The summed E-state index contributed by atoms with van der Waals surface area (Å²) in [7, 11) is 7.36. The Bertz CT molecular complexity index is 405. The maximum absolute atomic E-state index is 11.4. The van der Waals surface area contributed by atoms with Crippen LogP contribution in [0, 0.1) is 0 Å². The van der Waals surface area contributed by atoms with Gasteiger partial charge in [0.15, 0.2) is 0 Å². The number of rotatable bonds is 5. The van der Waals surface area contributed by atoms with Crippen molar-refractivity contribution in [2.75, 3.05) is 33.2 Å². The molecular formula is C14H22N2O2. The summed E-state index contributed by atoms with van der Waals surface area (Å²) in [4.78, 5) is 15.5. The van der Waals surface area contributed by atoms with E-state index in [0.717, 1.165) is 12.2 Å². The third-order valence-corrected chi connectivity index (χ3v) is 3.06. The molecule has 1 atom stereocenters. The monoisotopic (exact) mass is 250 g/mol. The second-order valence-corrected chi connectivity index (χ2v) is 4.68. The van der Waals surface area contributed by atoms with Crippen molar-refractivity contribution in [3.63, 3.8) is 0 Å². The first kappa shape index (κ1) is 14.5. The number of likely N-dealkylation sites (N-methyl/N-ethyl adjacent to an activating group) is 1. The fourth-order valence-electron chi connectivity index (χ4n) is 1.71. The first-order valence-electron chi connectivity index (χ1n) is 6.00. The lowest BCUT2D eigenvalue weighted by Crippen LogP contribution is -2.36. The van der Waals surface area contributed by atoms with Crippen molar-refractivity contribution in [2.24, 2.45) is 0 Å². The lowest BCUT2D eigenvalue weighted by Gasteiger charge is -2.23. The Labute approximate surface area is 109 Å². The Balaban J connectivity index is 2.72. The van der Waals surface area contributed by atoms with Crippen LogP contribution in [-0.2, 0) is 16.1 Å². The molecule has 4 nitrogen and oxygen atoms in total. The van der Waals surface area contributed by atoms with Crippen LogP contribution in [0.25, 0.3) is 0 Å². The van der Waals surface area contributed by atoms with E-state index in [2.05, 4.69) is 23.1 Å². The van der Waals surface area contributed by atoms with Crippen LogP contribution >= 0.6 is 0 Å². The Morgan fingerprint density at radius 1 is 1.33 bits per heavy atom. The van der Waals surface area contributed by atoms with Gasteiger partial charge in [-0.05, 0) is 31.7 Å². The number of benzene rings is 1. The number of anilines is 1. The van der Waals surface area contributed by atoms with Gasteiger partial charge in [0.25, 0.3) is 0 Å². The van der Waals surface area contributed by atoms with Crippen LogP contribution in [0.15, 0.2) is 24.3 Å². The van der Waals surface area contributed by atoms with E-state index in [9.17, 15) is 4.79 Å². The zero-order chi connectivity index (χ0) is 13.7. The lowest BCUT2D eigenvalue weighted by atomic mass is 10.1. The van der Waals surface area contributed by atoms with Crippen molar-refractivity contribution in [1.82, 2.24) is 4.90 Å². The van der Waals surface area contributed by atoms with Crippen molar-refractivity contribution < 1.29 is 9.53 Å². The van der Waals surface area contributed by atoms with Crippen LogP contribution < -0.4 is 4.90 Å². The van der Waals surface area contributed by atoms with Crippen LogP contribution in [0.3, 0.4) is 0 Å². The topological polar surface area (TPSA) is 32.8 Å². The summed E-state index contributed by atoms with van der Waals surface area (Å²) in [5.41, 5.74) is 2.34. The van der Waals surface area contributed by atoms with Crippen molar-refractivity contribution >= 4 is 11.7 Å². The molecule has 0 saturated heterocycles. The Morgan fingerprint density at radius 2 is 2.00 bits per heavy atom. The minimum Gasteiger partial charge on any atom is -0.468 e. The molecule has 0 N–H and O–H groups in total. The first-order chi connectivity index (χ1) is 8.45. The first-order valence-corrected chi connectivity index (χ1v) is 6.00. The zero-order valence-corrected chi connectivity index (χ0v) is 11.8. The summed E-state index contributed by atoms with van der Waals surface area (Å²) in [6.07, 6.45) is 0. The van der Waals surface area contributed by atoms with Crippen LogP contribution in [0.1, 0.15) is 12.5 Å². The van der Waals surface area contributed by atoms with Gasteiger partial charge >= 0.3 is 5.97 Å².